The van der Waals surface area contributed by atoms with Gasteiger partial charge < -0.3 is 14.8 Å². The van der Waals surface area contributed by atoms with Gasteiger partial charge in [-0.15, -0.1) is 0 Å². The smallest absolute Gasteiger partial charge is 0.266 e. The highest BCUT2D eigenvalue weighted by molar-refractivity contribution is 14.1. The van der Waals surface area contributed by atoms with Crippen molar-refractivity contribution in [3.8, 4) is 17.6 Å². The lowest BCUT2D eigenvalue weighted by atomic mass is 10.1. The van der Waals surface area contributed by atoms with E-state index in [2.05, 4.69) is 27.9 Å². The van der Waals surface area contributed by atoms with Crippen LogP contribution in [0.25, 0.3) is 6.08 Å². The number of carbonyl (C=O) groups is 1. The summed E-state index contributed by atoms with van der Waals surface area (Å²) in [6.45, 7) is 2.01. The van der Waals surface area contributed by atoms with Crippen molar-refractivity contribution in [2.75, 3.05) is 12.4 Å². The van der Waals surface area contributed by atoms with Gasteiger partial charge in [0, 0.05) is 10.7 Å². The first kappa shape index (κ1) is 24.6. The van der Waals surface area contributed by atoms with E-state index in [1.54, 1.807) is 49.4 Å². The van der Waals surface area contributed by atoms with Crippen LogP contribution >= 0.6 is 34.2 Å². The largest absolute Gasteiger partial charge is 0.493 e. The Morgan fingerprint density at radius 1 is 1.24 bits per heavy atom. The van der Waals surface area contributed by atoms with E-state index in [1.807, 2.05) is 6.07 Å². The molecule has 0 unspecified atom stereocenters. The number of ether oxygens (including phenoxy) is 2. The van der Waals surface area contributed by atoms with Gasteiger partial charge in [-0.25, -0.2) is 4.39 Å². The van der Waals surface area contributed by atoms with Crippen LogP contribution < -0.4 is 14.8 Å². The molecule has 0 aliphatic heterocycles. The average Bonchev–Trinajstić information content (AvgIpc) is 2.80. The van der Waals surface area contributed by atoms with Crippen LogP contribution in [-0.2, 0) is 11.4 Å². The minimum absolute atomic E-state index is 0.0767. The van der Waals surface area contributed by atoms with Crippen molar-refractivity contribution in [1.82, 2.24) is 0 Å². The van der Waals surface area contributed by atoms with Gasteiger partial charge in [0.1, 0.15) is 24.1 Å². The molecule has 3 aromatic carbocycles. The van der Waals surface area contributed by atoms with Crippen molar-refractivity contribution in [3.63, 3.8) is 0 Å². The molecule has 33 heavy (non-hydrogen) atoms. The van der Waals surface area contributed by atoms with E-state index in [0.717, 1.165) is 9.13 Å². The molecule has 8 heteroatoms. The minimum Gasteiger partial charge on any atom is -0.493 e. The molecule has 1 N–H and O–H groups in total. The van der Waals surface area contributed by atoms with Crippen LogP contribution in [-0.4, -0.2) is 13.0 Å². The molecule has 168 valence electrons. The Hall–Kier alpha value is -3.09. The predicted octanol–water partition coefficient (Wildman–Crippen LogP) is 6.53. The van der Waals surface area contributed by atoms with Crippen LogP contribution in [0.3, 0.4) is 0 Å². The number of hydrogen-bond acceptors (Lipinski definition) is 4. The highest BCUT2D eigenvalue weighted by atomic mass is 127. The zero-order valence-electron chi connectivity index (χ0n) is 17.8. The van der Waals surface area contributed by atoms with Crippen molar-refractivity contribution in [3.05, 3.63) is 91.3 Å². The Morgan fingerprint density at radius 3 is 2.64 bits per heavy atom. The number of halogens is 3. The van der Waals surface area contributed by atoms with E-state index >= 15 is 0 Å². The third-order valence-corrected chi connectivity index (χ3v) is 5.95. The van der Waals surface area contributed by atoms with E-state index < -0.39 is 5.91 Å². The Bertz CT molecular complexity index is 1250. The molecule has 0 radical (unpaired) electrons. The standard InChI is InChI=1S/C25H19ClFIN2O3/c1-15-20(26)4-3-5-22(15)30-25(31)18(13-29)10-17-11-21(28)24(23(12-17)32-2)33-14-16-6-8-19(27)9-7-16/h3-12H,14H2,1-2H3,(H,30,31)/b18-10-. The molecule has 5 nitrogen and oxygen atoms in total. The fraction of sp³-hybridized carbons (Fsp3) is 0.120. The molecule has 0 saturated carbocycles. The number of amides is 1. The van der Waals surface area contributed by atoms with Crippen molar-refractivity contribution >= 4 is 51.9 Å². The first-order valence-corrected chi connectivity index (χ1v) is 11.2. The molecular weight excluding hydrogens is 558 g/mol. The SMILES string of the molecule is COc1cc(/C=C(/C#N)C(=O)Nc2cccc(Cl)c2C)cc(I)c1OCc1ccc(F)cc1. The van der Waals surface area contributed by atoms with Crippen molar-refractivity contribution < 1.29 is 18.7 Å². The lowest BCUT2D eigenvalue weighted by Gasteiger charge is -2.14. The number of benzene rings is 3. The van der Waals surface area contributed by atoms with Crippen molar-refractivity contribution in [2.45, 2.75) is 13.5 Å². The number of anilines is 1. The maximum atomic E-state index is 13.1. The molecule has 0 bridgehead atoms. The third kappa shape index (κ3) is 6.24. The molecular formula is C25H19ClFIN2O3. The van der Waals surface area contributed by atoms with Crippen LogP contribution in [0.2, 0.25) is 5.02 Å². The zero-order chi connectivity index (χ0) is 24.0. The Kier molecular flexibility index (Phi) is 8.31. The normalized spacial score (nSPS) is 11.0. The topological polar surface area (TPSA) is 71.3 Å². The summed E-state index contributed by atoms with van der Waals surface area (Å²) in [4.78, 5) is 12.7. The molecule has 3 rings (SSSR count). The van der Waals surface area contributed by atoms with E-state index in [4.69, 9.17) is 21.1 Å². The van der Waals surface area contributed by atoms with Gasteiger partial charge in [-0.3, -0.25) is 4.79 Å². The summed E-state index contributed by atoms with van der Waals surface area (Å²) in [6.07, 6.45) is 1.48. The Morgan fingerprint density at radius 2 is 1.97 bits per heavy atom. The van der Waals surface area contributed by atoms with Crippen LogP contribution in [0.1, 0.15) is 16.7 Å². The first-order valence-electron chi connectivity index (χ1n) is 9.75. The quantitative estimate of drug-likeness (QED) is 0.197. The van der Waals surface area contributed by atoms with Crippen LogP contribution in [0.5, 0.6) is 11.5 Å². The molecule has 0 saturated heterocycles. The second-order valence-electron chi connectivity index (χ2n) is 6.99. The monoisotopic (exact) mass is 576 g/mol. The van der Waals surface area contributed by atoms with Gasteiger partial charge >= 0.3 is 0 Å². The van der Waals surface area contributed by atoms with Gasteiger partial charge in [0.15, 0.2) is 11.5 Å². The lowest BCUT2D eigenvalue weighted by Crippen LogP contribution is -2.14. The number of carbonyl (C=O) groups excluding carboxylic acids is 1. The van der Waals surface area contributed by atoms with E-state index in [1.165, 1.54) is 25.3 Å². The second kappa shape index (κ2) is 11.2. The maximum Gasteiger partial charge on any atom is 0.266 e. The molecule has 1 amide bonds. The third-order valence-electron chi connectivity index (χ3n) is 4.74. The molecule has 0 aliphatic carbocycles. The fourth-order valence-corrected chi connectivity index (χ4v) is 3.90. The zero-order valence-corrected chi connectivity index (χ0v) is 20.7. The van der Waals surface area contributed by atoms with Gasteiger partial charge in [-0.05, 0) is 88.7 Å². The maximum absolute atomic E-state index is 13.1. The summed E-state index contributed by atoms with van der Waals surface area (Å²) >= 11 is 8.20. The number of methoxy groups -OCH3 is 1. The molecule has 0 atom stereocenters. The molecule has 0 heterocycles. The van der Waals surface area contributed by atoms with Crippen molar-refractivity contribution in [1.29, 1.82) is 5.26 Å². The lowest BCUT2D eigenvalue weighted by molar-refractivity contribution is -0.112. The summed E-state index contributed by atoms with van der Waals surface area (Å²) in [6, 6.07) is 16.6. The fourth-order valence-electron chi connectivity index (χ4n) is 2.95. The van der Waals surface area contributed by atoms with Gasteiger partial charge in [0.25, 0.3) is 5.91 Å². The van der Waals surface area contributed by atoms with Gasteiger partial charge in [0.05, 0.1) is 10.7 Å². The highest BCUT2D eigenvalue weighted by Crippen LogP contribution is 2.35. The summed E-state index contributed by atoms with van der Waals surface area (Å²) in [5, 5.41) is 12.8. The van der Waals surface area contributed by atoms with Gasteiger partial charge in [-0.1, -0.05) is 29.8 Å². The van der Waals surface area contributed by atoms with E-state index in [0.29, 0.717) is 33.3 Å². The second-order valence-corrected chi connectivity index (χ2v) is 8.55. The average molecular weight is 577 g/mol. The van der Waals surface area contributed by atoms with Gasteiger partial charge in [-0.2, -0.15) is 5.26 Å². The molecule has 0 fully saturated rings. The minimum atomic E-state index is -0.548. The van der Waals surface area contributed by atoms with Crippen LogP contribution in [0, 0.1) is 27.6 Å². The van der Waals surface area contributed by atoms with Crippen LogP contribution in [0.15, 0.2) is 60.2 Å². The summed E-state index contributed by atoms with van der Waals surface area (Å²) < 4.78 is 25.2. The number of nitrogens with one attached hydrogen (secondary N) is 1. The number of rotatable bonds is 7. The molecule has 3 aromatic rings. The van der Waals surface area contributed by atoms with Crippen LogP contribution in [0.4, 0.5) is 10.1 Å². The Balaban J connectivity index is 1.83. The van der Waals surface area contributed by atoms with Crippen molar-refractivity contribution in [2.24, 2.45) is 0 Å². The summed E-state index contributed by atoms with van der Waals surface area (Å²) in [5.74, 6) is 0.0918. The molecule has 0 aliphatic rings. The molecule has 0 spiro atoms. The number of nitrogens with zero attached hydrogens (tertiary/aromatic N) is 1. The summed E-state index contributed by atoms with van der Waals surface area (Å²) in [7, 11) is 1.50. The molecule has 0 aromatic heterocycles. The first-order chi connectivity index (χ1) is 15.8. The number of nitriles is 1. The van der Waals surface area contributed by atoms with E-state index in [-0.39, 0.29) is 18.0 Å². The van der Waals surface area contributed by atoms with Gasteiger partial charge in [0.2, 0.25) is 0 Å². The number of hydrogen-bond donors (Lipinski definition) is 1. The predicted molar refractivity (Wildman–Crippen MR) is 135 cm³/mol. The highest BCUT2D eigenvalue weighted by Gasteiger charge is 2.15. The Labute approximate surface area is 209 Å². The summed E-state index contributed by atoms with van der Waals surface area (Å²) in [5.41, 5.74) is 2.57. The van der Waals surface area contributed by atoms with E-state index in [9.17, 15) is 14.4 Å².